The third-order valence-electron chi connectivity index (χ3n) is 5.63. The number of halogens is 1. The number of aromatic hydroxyl groups is 1. The van der Waals surface area contributed by atoms with Gasteiger partial charge in [0, 0.05) is 36.3 Å². The molecule has 2 aromatic carbocycles. The first kappa shape index (κ1) is 21.1. The molecule has 1 saturated heterocycles. The van der Waals surface area contributed by atoms with Crippen molar-refractivity contribution in [1.82, 2.24) is 4.98 Å². The van der Waals surface area contributed by atoms with Crippen LogP contribution in [0.4, 0.5) is 10.2 Å². The number of hydrogen-bond donors (Lipinski definition) is 3. The van der Waals surface area contributed by atoms with Crippen LogP contribution >= 0.6 is 0 Å². The normalized spacial score (nSPS) is 15.7. The van der Waals surface area contributed by atoms with Gasteiger partial charge in [-0.1, -0.05) is 12.1 Å². The second-order valence-corrected chi connectivity index (χ2v) is 7.99. The Labute approximate surface area is 179 Å². The molecule has 1 aromatic heterocycles. The summed E-state index contributed by atoms with van der Waals surface area (Å²) >= 11 is 0. The fraction of sp³-hybridized carbons (Fsp3) is 0.333. The lowest BCUT2D eigenvalue weighted by molar-refractivity contribution is -0.137. The summed E-state index contributed by atoms with van der Waals surface area (Å²) in [6.45, 7) is 3.06. The summed E-state index contributed by atoms with van der Waals surface area (Å²) in [6, 6.07) is 11.0. The summed E-state index contributed by atoms with van der Waals surface area (Å²) in [6.07, 6.45) is 1.56. The maximum atomic E-state index is 13.7. The number of aliphatic carboxylic acids is 1. The Kier molecular flexibility index (Phi) is 6.04. The molecule has 0 bridgehead atoms. The molecule has 7 heteroatoms. The Morgan fingerprint density at radius 3 is 2.61 bits per heavy atom. The van der Waals surface area contributed by atoms with Gasteiger partial charge in [0.05, 0.1) is 11.9 Å². The lowest BCUT2D eigenvalue weighted by Crippen LogP contribution is -2.23. The van der Waals surface area contributed by atoms with Crippen molar-refractivity contribution in [3.8, 4) is 16.9 Å². The number of hydrogen-bond acceptors (Lipinski definition) is 5. The van der Waals surface area contributed by atoms with Crippen molar-refractivity contribution in [3.63, 3.8) is 0 Å². The molecule has 4 rings (SSSR count). The van der Waals surface area contributed by atoms with Gasteiger partial charge in [0.1, 0.15) is 17.4 Å². The Morgan fingerprint density at radius 1 is 1.23 bits per heavy atom. The Balaban J connectivity index is 1.97. The summed E-state index contributed by atoms with van der Waals surface area (Å²) in [5.41, 5.74) is 3.32. The van der Waals surface area contributed by atoms with Crippen LogP contribution in [0.2, 0.25) is 0 Å². The first-order valence-corrected chi connectivity index (χ1v) is 10.4. The largest absolute Gasteiger partial charge is 0.508 e. The first-order valence-electron chi connectivity index (χ1n) is 10.4. The van der Waals surface area contributed by atoms with Gasteiger partial charge in [-0.05, 0) is 61.1 Å². The van der Waals surface area contributed by atoms with E-state index >= 15 is 0 Å². The van der Waals surface area contributed by atoms with E-state index in [2.05, 4.69) is 5.32 Å². The van der Waals surface area contributed by atoms with Gasteiger partial charge >= 0.3 is 5.97 Å². The van der Waals surface area contributed by atoms with Crippen LogP contribution in [0.1, 0.15) is 37.7 Å². The number of nitrogens with zero attached hydrogens (tertiary/aromatic N) is 1. The SMILES string of the molecule is C[C@H](CC(=O)O)Nc1nc2cc(O)ccc2c(-c2ccc(F)cc2)c1C1CCOCC1. The number of carboxylic acid groups (broad SMARTS) is 1. The van der Waals surface area contributed by atoms with E-state index < -0.39 is 5.97 Å². The van der Waals surface area contributed by atoms with Crippen molar-refractivity contribution < 1.29 is 24.1 Å². The highest BCUT2D eigenvalue weighted by Gasteiger charge is 2.27. The Morgan fingerprint density at radius 2 is 1.94 bits per heavy atom. The molecular formula is C24H25FN2O4. The fourth-order valence-corrected chi connectivity index (χ4v) is 4.24. The van der Waals surface area contributed by atoms with Gasteiger partial charge < -0.3 is 20.3 Å². The van der Waals surface area contributed by atoms with Crippen LogP contribution < -0.4 is 5.32 Å². The van der Waals surface area contributed by atoms with E-state index in [1.165, 1.54) is 12.1 Å². The lowest BCUT2D eigenvalue weighted by atomic mass is 9.84. The van der Waals surface area contributed by atoms with E-state index in [9.17, 15) is 19.4 Å². The van der Waals surface area contributed by atoms with E-state index in [4.69, 9.17) is 9.72 Å². The van der Waals surface area contributed by atoms with Crippen LogP contribution in [0.15, 0.2) is 42.5 Å². The van der Waals surface area contributed by atoms with E-state index in [1.807, 2.05) is 6.07 Å². The zero-order valence-electron chi connectivity index (χ0n) is 17.3. The van der Waals surface area contributed by atoms with Crippen molar-refractivity contribution in [2.24, 2.45) is 0 Å². The molecule has 0 unspecified atom stereocenters. The number of ether oxygens (including phenoxy) is 1. The van der Waals surface area contributed by atoms with Gasteiger partial charge in [-0.3, -0.25) is 4.79 Å². The van der Waals surface area contributed by atoms with Gasteiger partial charge in [0.2, 0.25) is 0 Å². The van der Waals surface area contributed by atoms with Crippen molar-refractivity contribution in [3.05, 3.63) is 53.8 Å². The smallest absolute Gasteiger partial charge is 0.305 e. The molecule has 6 nitrogen and oxygen atoms in total. The minimum absolute atomic E-state index is 0.0567. The molecule has 1 aliphatic rings. The van der Waals surface area contributed by atoms with Gasteiger partial charge in [-0.15, -0.1) is 0 Å². The highest BCUT2D eigenvalue weighted by Crippen LogP contribution is 2.43. The van der Waals surface area contributed by atoms with Crippen molar-refractivity contribution in [1.29, 1.82) is 0 Å². The number of anilines is 1. The van der Waals surface area contributed by atoms with E-state index in [-0.39, 0.29) is 29.9 Å². The summed E-state index contributed by atoms with van der Waals surface area (Å²) in [5.74, 6) is -0.379. The topological polar surface area (TPSA) is 91.7 Å². The van der Waals surface area contributed by atoms with Crippen LogP contribution in [0.3, 0.4) is 0 Å². The lowest BCUT2D eigenvalue weighted by Gasteiger charge is -2.29. The second-order valence-electron chi connectivity index (χ2n) is 7.99. The number of nitrogens with one attached hydrogen (secondary N) is 1. The van der Waals surface area contributed by atoms with E-state index in [0.717, 1.165) is 34.9 Å². The highest BCUT2D eigenvalue weighted by molar-refractivity contribution is 5.99. The number of benzene rings is 2. The molecule has 0 amide bonds. The predicted molar refractivity (Wildman–Crippen MR) is 117 cm³/mol. The van der Waals surface area contributed by atoms with Crippen molar-refractivity contribution in [2.45, 2.75) is 38.1 Å². The molecule has 0 radical (unpaired) electrons. The maximum absolute atomic E-state index is 13.7. The number of pyridine rings is 1. The minimum atomic E-state index is -0.898. The summed E-state index contributed by atoms with van der Waals surface area (Å²) in [4.78, 5) is 16.0. The average molecular weight is 424 g/mol. The third kappa shape index (κ3) is 4.61. The minimum Gasteiger partial charge on any atom is -0.508 e. The summed E-state index contributed by atoms with van der Waals surface area (Å²) < 4.78 is 19.2. The van der Waals surface area contributed by atoms with Crippen LogP contribution in [-0.4, -0.2) is 40.4 Å². The zero-order chi connectivity index (χ0) is 22.0. The monoisotopic (exact) mass is 424 g/mol. The molecule has 3 aromatic rings. The highest BCUT2D eigenvalue weighted by atomic mass is 19.1. The summed E-state index contributed by atoms with van der Waals surface area (Å²) in [5, 5.41) is 23.4. The molecule has 1 atom stereocenters. The average Bonchev–Trinajstić information content (AvgIpc) is 2.73. The quantitative estimate of drug-likeness (QED) is 0.521. The number of carboxylic acids is 1. The van der Waals surface area contributed by atoms with Gasteiger partial charge in [-0.2, -0.15) is 0 Å². The molecule has 2 heterocycles. The predicted octanol–water partition coefficient (Wildman–Crippen LogP) is 4.92. The Bertz CT molecular complexity index is 1090. The number of fused-ring (bicyclic) bond motifs is 1. The second kappa shape index (κ2) is 8.89. The molecule has 31 heavy (non-hydrogen) atoms. The van der Waals surface area contributed by atoms with Crippen LogP contribution in [0.5, 0.6) is 5.75 Å². The number of carbonyl (C=O) groups is 1. The van der Waals surface area contributed by atoms with Crippen molar-refractivity contribution >= 4 is 22.7 Å². The molecule has 0 spiro atoms. The standard InChI is InChI=1S/C24H25FN2O4/c1-14(12-21(29)30)26-24-23(16-8-10-31-11-9-16)22(15-2-4-17(25)5-3-15)19-7-6-18(28)13-20(19)27-24/h2-7,13-14,16,28H,8-12H2,1H3,(H,26,27)(H,29,30)/t14-/m1/s1. The Hall–Kier alpha value is -3.19. The first-order chi connectivity index (χ1) is 14.9. The van der Waals surface area contributed by atoms with Gasteiger partial charge in [-0.25, -0.2) is 9.37 Å². The molecule has 0 aliphatic carbocycles. The molecule has 0 saturated carbocycles. The van der Waals surface area contributed by atoms with E-state index in [1.54, 1.807) is 31.2 Å². The van der Waals surface area contributed by atoms with Gasteiger partial charge in [0.15, 0.2) is 0 Å². The number of phenolic OH excluding ortho intramolecular Hbond substituents is 1. The number of aromatic nitrogens is 1. The molecule has 1 fully saturated rings. The molecule has 3 N–H and O–H groups in total. The molecular weight excluding hydrogens is 399 g/mol. The van der Waals surface area contributed by atoms with Crippen molar-refractivity contribution in [2.75, 3.05) is 18.5 Å². The summed E-state index contributed by atoms with van der Waals surface area (Å²) in [7, 11) is 0. The van der Waals surface area contributed by atoms with Gasteiger partial charge in [0.25, 0.3) is 0 Å². The number of phenols is 1. The third-order valence-corrected chi connectivity index (χ3v) is 5.63. The number of rotatable bonds is 6. The maximum Gasteiger partial charge on any atom is 0.305 e. The molecule has 1 aliphatic heterocycles. The van der Waals surface area contributed by atoms with E-state index in [0.29, 0.717) is 24.5 Å². The zero-order valence-corrected chi connectivity index (χ0v) is 17.3. The fourth-order valence-electron chi connectivity index (χ4n) is 4.24. The van der Waals surface area contributed by atoms with Crippen LogP contribution in [0, 0.1) is 5.82 Å². The molecule has 162 valence electrons. The van der Waals surface area contributed by atoms with Crippen LogP contribution in [-0.2, 0) is 9.53 Å². The van der Waals surface area contributed by atoms with Crippen LogP contribution in [0.25, 0.3) is 22.0 Å².